The third kappa shape index (κ3) is 12.1. The van der Waals surface area contributed by atoms with Gasteiger partial charge in [-0.1, -0.05) is 76.1 Å². The quantitative estimate of drug-likeness (QED) is 0.257. The molecular weight excluding hydrogens is 304 g/mol. The maximum Gasteiger partial charge on any atom is 0.0905 e. The van der Waals surface area contributed by atoms with E-state index in [1.54, 1.807) is 0 Å². The summed E-state index contributed by atoms with van der Waals surface area (Å²) in [5, 5.41) is 7.23. The molecule has 0 unspecified atom stereocenters. The summed E-state index contributed by atoms with van der Waals surface area (Å²) in [6.45, 7) is 2.27. The summed E-state index contributed by atoms with van der Waals surface area (Å²) in [5.41, 5.74) is 8.20. The Morgan fingerprint density at radius 3 is 1.70 bits per heavy atom. The number of hydrogen-bond donors (Lipinski definition) is 2. The van der Waals surface area contributed by atoms with Gasteiger partial charge in [0.25, 0.3) is 0 Å². The highest BCUT2D eigenvalue weighted by atomic mass is 35.5. The second-order valence-electron chi connectivity index (χ2n) is 6.42. The van der Waals surface area contributed by atoms with Crippen molar-refractivity contribution in [2.24, 2.45) is 5.73 Å². The number of unbranched alkanes of at least 4 members (excludes halogenated alkanes) is 7. The molecule has 0 aliphatic carbocycles. The maximum absolute atomic E-state index is 7.23. The van der Waals surface area contributed by atoms with E-state index in [4.69, 9.17) is 11.1 Å². The Bertz CT molecular complexity index is 401. The molecule has 0 fully saturated rings. The Hall–Kier alpha value is -1.02. The van der Waals surface area contributed by atoms with Crippen LogP contribution in [0.4, 0.5) is 0 Å². The van der Waals surface area contributed by atoms with Gasteiger partial charge in [0.05, 0.1) is 5.84 Å². The highest BCUT2D eigenvalue weighted by Gasteiger charge is 1.98. The Kier molecular flexibility index (Phi) is 13.9. The fourth-order valence-corrected chi connectivity index (χ4v) is 2.82. The summed E-state index contributed by atoms with van der Waals surface area (Å²) < 4.78 is 0. The summed E-state index contributed by atoms with van der Waals surface area (Å²) in [6, 6.07) is 9.01. The van der Waals surface area contributed by atoms with Gasteiger partial charge in [-0.05, 0) is 36.8 Å². The van der Waals surface area contributed by atoms with Crippen molar-refractivity contribution in [1.82, 2.24) is 0 Å². The zero-order valence-corrected chi connectivity index (χ0v) is 15.6. The first kappa shape index (κ1) is 22.0. The van der Waals surface area contributed by atoms with E-state index in [1.165, 1.54) is 68.9 Å². The fraction of sp³-hybridized carbons (Fsp3) is 0.650. The van der Waals surface area contributed by atoms with Crippen molar-refractivity contribution in [3.05, 3.63) is 35.4 Å². The van der Waals surface area contributed by atoms with E-state index >= 15 is 0 Å². The normalized spacial score (nSPS) is 10.3. The molecule has 0 heterocycles. The monoisotopic (exact) mass is 338 g/mol. The number of nitrogens with two attached hydrogens (primary N) is 1. The number of nitrogens with one attached hydrogen (secondary N) is 1. The molecule has 2 nitrogen and oxygen atoms in total. The second-order valence-corrected chi connectivity index (χ2v) is 6.42. The van der Waals surface area contributed by atoms with Crippen LogP contribution in [0.5, 0.6) is 0 Å². The molecule has 0 saturated heterocycles. The minimum atomic E-state index is 0. The van der Waals surface area contributed by atoms with E-state index in [9.17, 15) is 0 Å². The Balaban J connectivity index is 0.00000484. The van der Waals surface area contributed by atoms with Crippen LogP contribution in [-0.2, 0) is 12.8 Å². The van der Waals surface area contributed by atoms with Crippen molar-refractivity contribution in [3.63, 3.8) is 0 Å². The number of aryl methyl sites for hydroxylation is 2. The van der Waals surface area contributed by atoms with Crippen molar-refractivity contribution < 1.29 is 0 Å². The highest BCUT2D eigenvalue weighted by Crippen LogP contribution is 2.13. The van der Waals surface area contributed by atoms with Gasteiger partial charge in [-0.25, -0.2) is 0 Å². The molecule has 0 amide bonds. The van der Waals surface area contributed by atoms with E-state index < -0.39 is 0 Å². The van der Waals surface area contributed by atoms with Gasteiger partial charge in [0.1, 0.15) is 0 Å². The molecular formula is C20H35ClN2. The van der Waals surface area contributed by atoms with E-state index in [1.807, 2.05) is 0 Å². The van der Waals surface area contributed by atoms with Crippen molar-refractivity contribution in [1.29, 1.82) is 5.41 Å². The lowest BCUT2D eigenvalue weighted by molar-refractivity contribution is 0.575. The molecule has 0 atom stereocenters. The van der Waals surface area contributed by atoms with Crippen LogP contribution in [0.1, 0.15) is 82.3 Å². The molecule has 0 bridgehead atoms. The molecule has 0 radical (unpaired) electrons. The molecule has 0 aliphatic rings. The minimum Gasteiger partial charge on any atom is -0.388 e. The predicted molar refractivity (Wildman–Crippen MR) is 105 cm³/mol. The van der Waals surface area contributed by atoms with Gasteiger partial charge < -0.3 is 5.73 Å². The summed E-state index contributed by atoms with van der Waals surface area (Å²) in [7, 11) is 0. The average molecular weight is 339 g/mol. The van der Waals surface area contributed by atoms with Gasteiger partial charge in [-0.15, -0.1) is 12.4 Å². The van der Waals surface area contributed by atoms with Gasteiger partial charge >= 0.3 is 0 Å². The molecule has 23 heavy (non-hydrogen) atoms. The standard InChI is InChI=1S/C20H34N2.ClH/c1-2-3-4-5-6-7-8-9-11-18-14-16-19(17-15-18)12-10-13-20(21)22;/h14-17H,2-13H2,1H3,(H3,21,22);1H. The summed E-state index contributed by atoms with van der Waals surface area (Å²) in [5.74, 6) is 0.298. The van der Waals surface area contributed by atoms with Crippen LogP contribution in [0.25, 0.3) is 0 Å². The number of rotatable bonds is 13. The molecule has 1 aromatic carbocycles. The SMILES string of the molecule is CCCCCCCCCCc1ccc(CCCC(=N)N)cc1.Cl. The molecule has 132 valence electrons. The molecule has 0 aliphatic heterocycles. The van der Waals surface area contributed by atoms with Crippen LogP contribution in [0.2, 0.25) is 0 Å². The van der Waals surface area contributed by atoms with E-state index in [0.29, 0.717) is 12.3 Å². The average Bonchev–Trinajstić information content (AvgIpc) is 2.51. The predicted octanol–water partition coefficient (Wildman–Crippen LogP) is 6.05. The van der Waals surface area contributed by atoms with Gasteiger partial charge in [0, 0.05) is 6.42 Å². The van der Waals surface area contributed by atoms with Crippen LogP contribution < -0.4 is 5.73 Å². The molecule has 0 spiro atoms. The minimum absolute atomic E-state index is 0. The van der Waals surface area contributed by atoms with Gasteiger partial charge in [-0.2, -0.15) is 0 Å². The lowest BCUT2D eigenvalue weighted by Gasteiger charge is -2.05. The van der Waals surface area contributed by atoms with Crippen molar-refractivity contribution in [2.45, 2.75) is 84.0 Å². The fourth-order valence-electron chi connectivity index (χ4n) is 2.82. The van der Waals surface area contributed by atoms with Gasteiger partial charge in [-0.3, -0.25) is 5.41 Å². The Morgan fingerprint density at radius 1 is 0.783 bits per heavy atom. The van der Waals surface area contributed by atoms with E-state index in [0.717, 1.165) is 12.8 Å². The first-order valence-corrected chi connectivity index (χ1v) is 9.13. The number of amidine groups is 1. The van der Waals surface area contributed by atoms with Crippen LogP contribution >= 0.6 is 12.4 Å². The van der Waals surface area contributed by atoms with Crippen molar-refractivity contribution in [3.8, 4) is 0 Å². The van der Waals surface area contributed by atoms with E-state index in [-0.39, 0.29) is 12.4 Å². The third-order valence-electron chi connectivity index (χ3n) is 4.25. The molecule has 3 N–H and O–H groups in total. The lowest BCUT2D eigenvalue weighted by atomic mass is 10.0. The number of halogens is 1. The lowest BCUT2D eigenvalue weighted by Crippen LogP contribution is -2.09. The zero-order valence-electron chi connectivity index (χ0n) is 14.8. The number of hydrogen-bond acceptors (Lipinski definition) is 1. The van der Waals surface area contributed by atoms with Crippen LogP contribution in [0.3, 0.4) is 0 Å². The Morgan fingerprint density at radius 2 is 1.22 bits per heavy atom. The summed E-state index contributed by atoms with van der Waals surface area (Å²) >= 11 is 0. The molecule has 3 heteroatoms. The molecule has 0 saturated carbocycles. The van der Waals surface area contributed by atoms with Crippen molar-refractivity contribution >= 4 is 18.2 Å². The second kappa shape index (κ2) is 14.6. The number of benzene rings is 1. The summed E-state index contributed by atoms with van der Waals surface area (Å²) in [4.78, 5) is 0. The van der Waals surface area contributed by atoms with E-state index in [2.05, 4.69) is 31.2 Å². The topological polar surface area (TPSA) is 49.9 Å². The van der Waals surface area contributed by atoms with Gasteiger partial charge in [0.15, 0.2) is 0 Å². The van der Waals surface area contributed by atoms with Crippen LogP contribution in [-0.4, -0.2) is 5.84 Å². The Labute approximate surface area is 149 Å². The first-order valence-electron chi connectivity index (χ1n) is 9.13. The highest BCUT2D eigenvalue weighted by molar-refractivity contribution is 5.85. The van der Waals surface area contributed by atoms with Crippen molar-refractivity contribution in [2.75, 3.05) is 0 Å². The summed E-state index contributed by atoms with van der Waals surface area (Å²) in [6.07, 6.45) is 15.0. The van der Waals surface area contributed by atoms with Crippen LogP contribution in [0.15, 0.2) is 24.3 Å². The molecule has 1 rings (SSSR count). The van der Waals surface area contributed by atoms with Gasteiger partial charge in [0.2, 0.25) is 0 Å². The largest absolute Gasteiger partial charge is 0.388 e. The zero-order chi connectivity index (χ0) is 16.0. The smallest absolute Gasteiger partial charge is 0.0905 e. The van der Waals surface area contributed by atoms with Crippen LogP contribution in [0, 0.1) is 5.41 Å². The third-order valence-corrected chi connectivity index (χ3v) is 4.25. The molecule has 1 aromatic rings. The maximum atomic E-state index is 7.23. The molecule has 0 aromatic heterocycles. The first-order chi connectivity index (χ1) is 10.7.